The highest BCUT2D eigenvalue weighted by Crippen LogP contribution is 2.35. The highest BCUT2D eigenvalue weighted by Gasteiger charge is 2.47. The van der Waals surface area contributed by atoms with E-state index >= 15 is 0 Å². The molecule has 0 aromatic heterocycles. The number of amides is 2. The Labute approximate surface area is 180 Å². The lowest BCUT2D eigenvalue weighted by atomic mass is 10.1. The third-order valence-corrected chi connectivity index (χ3v) is 6.42. The number of ether oxygens (including phenoxy) is 1. The summed E-state index contributed by atoms with van der Waals surface area (Å²) in [5.74, 6) is -2.92. The second-order valence-corrected chi connectivity index (χ2v) is 9.10. The largest absolute Gasteiger partial charge is 0.501 e. The van der Waals surface area contributed by atoms with Gasteiger partial charge in [0.1, 0.15) is 11.6 Å². The molecule has 0 radical (unpaired) electrons. The Hall–Kier alpha value is -3.15. The van der Waals surface area contributed by atoms with Gasteiger partial charge in [0, 0.05) is 13.0 Å². The number of aryl methyl sites for hydroxylation is 1. The molecule has 0 spiro atoms. The first kappa shape index (κ1) is 23.5. The maximum absolute atomic E-state index is 14.2. The van der Waals surface area contributed by atoms with Gasteiger partial charge in [-0.15, -0.1) is 0 Å². The number of hydrogen-bond acceptors (Lipinski definition) is 5. The van der Waals surface area contributed by atoms with E-state index in [-0.39, 0.29) is 30.1 Å². The molecule has 12 heteroatoms. The van der Waals surface area contributed by atoms with Crippen LogP contribution in [-0.4, -0.2) is 39.4 Å². The number of carbonyl (C=O) groups excluding carboxylic acids is 2. The number of benzene rings is 2. The highest BCUT2D eigenvalue weighted by molar-refractivity contribution is 7.92. The Morgan fingerprint density at radius 1 is 1.19 bits per heavy atom. The molecule has 0 saturated carbocycles. The van der Waals surface area contributed by atoms with Gasteiger partial charge in [-0.05, 0) is 42.8 Å². The number of anilines is 2. The van der Waals surface area contributed by atoms with E-state index in [4.69, 9.17) is 4.74 Å². The highest BCUT2D eigenvalue weighted by atomic mass is 32.2. The molecular formula is C20H18F4N2O5S. The Balaban J connectivity index is 1.84. The van der Waals surface area contributed by atoms with Crippen LogP contribution in [0, 0.1) is 18.7 Å². The zero-order valence-electron chi connectivity index (χ0n) is 16.9. The van der Waals surface area contributed by atoms with Crippen LogP contribution in [0.15, 0.2) is 41.3 Å². The van der Waals surface area contributed by atoms with Crippen LogP contribution >= 0.6 is 0 Å². The van der Waals surface area contributed by atoms with Gasteiger partial charge in [-0.2, -0.15) is 13.2 Å². The Kier molecular flexibility index (Phi) is 6.18. The average Bonchev–Trinajstić information content (AvgIpc) is 3.08. The normalized spacial score (nSPS) is 16.9. The number of carbonyl (C=O) groups is 2. The summed E-state index contributed by atoms with van der Waals surface area (Å²) >= 11 is 0. The van der Waals surface area contributed by atoms with Crippen LogP contribution < -0.4 is 15.0 Å². The van der Waals surface area contributed by atoms with E-state index in [0.717, 1.165) is 11.0 Å². The Bertz CT molecular complexity index is 1180. The number of hydrogen-bond donors (Lipinski definition) is 1. The predicted octanol–water partition coefficient (Wildman–Crippen LogP) is 3.43. The SMILES string of the molecule is COc1ccc(S(=O)(=O)C(F)(F)F)cc1NC(=O)C1CC(=O)N(c2ccc(C)cc2F)C1. The van der Waals surface area contributed by atoms with Gasteiger partial charge in [-0.3, -0.25) is 9.59 Å². The number of methoxy groups -OCH3 is 1. The van der Waals surface area contributed by atoms with Crippen LogP contribution in [0.3, 0.4) is 0 Å². The standard InChI is InChI=1S/C20H18F4N2O5S/c1-11-3-5-16(14(21)7-11)26-10-12(8-18(26)27)19(28)25-15-9-13(4-6-17(15)31-2)32(29,30)20(22,23)24/h3-7,9,12H,8,10H2,1-2H3,(H,25,28). The molecule has 0 aliphatic carbocycles. The van der Waals surface area contributed by atoms with E-state index in [0.29, 0.717) is 17.7 Å². The summed E-state index contributed by atoms with van der Waals surface area (Å²) in [5, 5.41) is 2.32. The van der Waals surface area contributed by atoms with E-state index in [1.54, 1.807) is 13.0 Å². The molecule has 1 aliphatic rings. The third-order valence-electron chi connectivity index (χ3n) is 4.93. The molecule has 3 rings (SSSR count). The zero-order valence-corrected chi connectivity index (χ0v) is 17.7. The van der Waals surface area contributed by atoms with Crippen molar-refractivity contribution in [1.29, 1.82) is 0 Å². The molecule has 172 valence electrons. The molecule has 1 heterocycles. The van der Waals surface area contributed by atoms with Crippen LogP contribution in [0.5, 0.6) is 5.75 Å². The summed E-state index contributed by atoms with van der Waals surface area (Å²) in [5.41, 5.74) is -5.19. The summed E-state index contributed by atoms with van der Waals surface area (Å²) < 4.78 is 81.2. The van der Waals surface area contributed by atoms with Gasteiger partial charge < -0.3 is 15.0 Å². The molecule has 1 N–H and O–H groups in total. The molecule has 1 atom stereocenters. The predicted molar refractivity (Wildman–Crippen MR) is 106 cm³/mol. The second kappa shape index (κ2) is 8.41. The minimum absolute atomic E-state index is 0.00625. The van der Waals surface area contributed by atoms with Crippen LogP contribution in [0.1, 0.15) is 12.0 Å². The summed E-state index contributed by atoms with van der Waals surface area (Å²) in [6.45, 7) is 1.52. The molecule has 1 aliphatic heterocycles. The maximum atomic E-state index is 14.2. The van der Waals surface area contributed by atoms with Crippen molar-refractivity contribution in [3.8, 4) is 5.75 Å². The lowest BCUT2D eigenvalue weighted by Crippen LogP contribution is -2.29. The average molecular weight is 474 g/mol. The second-order valence-electron chi connectivity index (χ2n) is 7.16. The van der Waals surface area contributed by atoms with Crippen molar-refractivity contribution >= 4 is 33.0 Å². The number of nitrogens with zero attached hydrogens (tertiary/aromatic N) is 1. The van der Waals surface area contributed by atoms with Gasteiger partial charge in [0.15, 0.2) is 0 Å². The molecule has 1 unspecified atom stereocenters. The minimum atomic E-state index is -5.65. The van der Waals surface area contributed by atoms with Gasteiger partial charge in [0.25, 0.3) is 9.84 Å². The molecule has 0 bridgehead atoms. The van der Waals surface area contributed by atoms with Crippen molar-refractivity contribution in [2.75, 3.05) is 23.9 Å². The van der Waals surface area contributed by atoms with Crippen molar-refractivity contribution in [2.45, 2.75) is 23.7 Å². The number of halogens is 4. The number of rotatable bonds is 5. The molecule has 2 amide bonds. The summed E-state index contributed by atoms with van der Waals surface area (Å²) in [7, 11) is -4.47. The molecule has 2 aromatic rings. The van der Waals surface area contributed by atoms with Crippen molar-refractivity contribution in [3.05, 3.63) is 47.8 Å². The van der Waals surface area contributed by atoms with E-state index in [2.05, 4.69) is 5.32 Å². The molecule has 1 saturated heterocycles. The molecule has 1 fully saturated rings. The Morgan fingerprint density at radius 3 is 2.47 bits per heavy atom. The fraction of sp³-hybridized carbons (Fsp3) is 0.300. The summed E-state index contributed by atoms with van der Waals surface area (Å²) in [6.07, 6.45) is -0.262. The molecule has 2 aromatic carbocycles. The van der Waals surface area contributed by atoms with Crippen molar-refractivity contribution in [2.24, 2.45) is 5.92 Å². The number of nitrogens with one attached hydrogen (secondary N) is 1. The fourth-order valence-electron chi connectivity index (χ4n) is 3.27. The first-order chi connectivity index (χ1) is 14.8. The van der Waals surface area contributed by atoms with Gasteiger partial charge >= 0.3 is 5.51 Å². The van der Waals surface area contributed by atoms with Crippen LogP contribution in [0.2, 0.25) is 0 Å². The Morgan fingerprint density at radius 2 is 1.88 bits per heavy atom. The van der Waals surface area contributed by atoms with Crippen LogP contribution in [0.25, 0.3) is 0 Å². The first-order valence-electron chi connectivity index (χ1n) is 9.22. The van der Waals surface area contributed by atoms with Crippen molar-refractivity contribution in [1.82, 2.24) is 0 Å². The topological polar surface area (TPSA) is 92.8 Å². The smallest absolute Gasteiger partial charge is 0.495 e. The van der Waals surface area contributed by atoms with Gasteiger partial charge in [-0.25, -0.2) is 12.8 Å². The summed E-state index contributed by atoms with van der Waals surface area (Å²) in [6, 6.07) is 6.58. The molecular weight excluding hydrogens is 456 g/mol. The van der Waals surface area contributed by atoms with Gasteiger partial charge in [-0.1, -0.05) is 6.07 Å². The van der Waals surface area contributed by atoms with Crippen LogP contribution in [0.4, 0.5) is 28.9 Å². The van der Waals surface area contributed by atoms with Crippen molar-refractivity contribution in [3.63, 3.8) is 0 Å². The lowest BCUT2D eigenvalue weighted by molar-refractivity contribution is -0.122. The number of alkyl halides is 3. The van der Waals surface area contributed by atoms with Gasteiger partial charge in [0.2, 0.25) is 11.8 Å². The quantitative estimate of drug-likeness (QED) is 0.671. The van der Waals surface area contributed by atoms with Crippen molar-refractivity contribution < 1.29 is 40.3 Å². The van der Waals surface area contributed by atoms with E-state index in [9.17, 15) is 35.6 Å². The first-order valence-corrected chi connectivity index (χ1v) is 10.7. The number of sulfone groups is 1. The molecule has 7 nitrogen and oxygen atoms in total. The maximum Gasteiger partial charge on any atom is 0.501 e. The van der Waals surface area contributed by atoms with Gasteiger partial charge in [0.05, 0.1) is 29.3 Å². The third kappa shape index (κ3) is 4.40. The summed E-state index contributed by atoms with van der Waals surface area (Å²) in [4.78, 5) is 25.1. The van der Waals surface area contributed by atoms with E-state index < -0.39 is 43.8 Å². The van der Waals surface area contributed by atoms with Crippen LogP contribution in [-0.2, 0) is 19.4 Å². The van der Waals surface area contributed by atoms with E-state index in [1.807, 2.05) is 0 Å². The van der Waals surface area contributed by atoms with E-state index in [1.165, 1.54) is 19.2 Å². The fourth-order valence-corrected chi connectivity index (χ4v) is 4.05. The minimum Gasteiger partial charge on any atom is -0.495 e. The zero-order chi connectivity index (χ0) is 23.8. The lowest BCUT2D eigenvalue weighted by Gasteiger charge is -2.18. The monoisotopic (exact) mass is 474 g/mol. The molecule has 32 heavy (non-hydrogen) atoms.